The number of aromatic nitrogens is 5. The number of nitrogens with zero attached hydrogens (tertiary/aromatic N) is 6. The van der Waals surface area contributed by atoms with Crippen LogP contribution in [0.5, 0.6) is 0 Å². The quantitative estimate of drug-likeness (QED) is 0.724. The summed E-state index contributed by atoms with van der Waals surface area (Å²) in [5.41, 5.74) is 5.71. The third-order valence-corrected chi connectivity index (χ3v) is 1.80. The van der Waals surface area contributed by atoms with E-state index in [-0.39, 0.29) is 0 Å². The van der Waals surface area contributed by atoms with Crippen molar-refractivity contribution < 1.29 is 0 Å². The van der Waals surface area contributed by atoms with Crippen molar-refractivity contribution >= 4 is 11.9 Å². The molecule has 0 saturated carbocycles. The smallest absolute Gasteiger partial charge is 0.246 e. The summed E-state index contributed by atoms with van der Waals surface area (Å²) in [4.78, 5) is 13.7. The maximum Gasteiger partial charge on any atom is 0.246 e. The zero-order valence-corrected chi connectivity index (χ0v) is 8.49. The molecular formula is C8H11N7. The molecule has 0 atom stereocenters. The number of hydrogen-bond acceptors (Lipinski definition) is 6. The van der Waals surface area contributed by atoms with Gasteiger partial charge in [-0.05, 0) is 0 Å². The van der Waals surface area contributed by atoms with Crippen LogP contribution in [0.1, 0.15) is 0 Å². The lowest BCUT2D eigenvalue weighted by atomic mass is 10.6. The number of nitrogen functional groups attached to an aromatic ring is 1. The maximum atomic E-state index is 5.71. The molecule has 7 heteroatoms. The molecule has 2 heterocycles. The minimum absolute atomic E-state index is 0.303. The molecule has 0 unspecified atom stereocenters. The summed E-state index contributed by atoms with van der Waals surface area (Å²) in [6.45, 7) is 0. The van der Waals surface area contributed by atoms with Gasteiger partial charge in [0, 0.05) is 26.4 Å². The van der Waals surface area contributed by atoms with Gasteiger partial charge in [-0.15, -0.1) is 5.10 Å². The summed E-state index contributed by atoms with van der Waals surface area (Å²) in [5, 5.41) is 4.20. The Morgan fingerprint density at radius 1 is 1.40 bits per heavy atom. The third kappa shape index (κ3) is 1.71. The average molecular weight is 205 g/mol. The fourth-order valence-electron chi connectivity index (χ4n) is 1.08. The molecule has 0 aliphatic heterocycles. The summed E-state index contributed by atoms with van der Waals surface area (Å²) in [7, 11) is 3.69. The van der Waals surface area contributed by atoms with Gasteiger partial charge in [0.25, 0.3) is 0 Å². The van der Waals surface area contributed by atoms with Gasteiger partial charge in [-0.25, -0.2) is 9.97 Å². The summed E-state index contributed by atoms with van der Waals surface area (Å²) in [6, 6.07) is 1.71. The van der Waals surface area contributed by atoms with Gasteiger partial charge in [-0.1, -0.05) is 0 Å². The van der Waals surface area contributed by atoms with Crippen LogP contribution in [0.25, 0.3) is 5.82 Å². The van der Waals surface area contributed by atoms with E-state index in [1.165, 1.54) is 11.0 Å². The van der Waals surface area contributed by atoms with Crippen LogP contribution in [-0.4, -0.2) is 38.8 Å². The van der Waals surface area contributed by atoms with E-state index in [2.05, 4.69) is 20.1 Å². The van der Waals surface area contributed by atoms with E-state index < -0.39 is 0 Å². The molecule has 2 rings (SSSR count). The fraction of sp³-hybridized carbons (Fsp3) is 0.250. The van der Waals surface area contributed by atoms with Crippen molar-refractivity contribution in [2.75, 3.05) is 24.7 Å². The van der Waals surface area contributed by atoms with Crippen LogP contribution in [0.15, 0.2) is 18.6 Å². The molecule has 0 radical (unpaired) electrons. The number of hydrogen-bond donors (Lipinski definition) is 1. The highest BCUT2D eigenvalue weighted by atomic mass is 15.5. The lowest BCUT2D eigenvalue weighted by Crippen LogP contribution is -2.11. The predicted molar refractivity (Wildman–Crippen MR) is 55.7 cm³/mol. The SMILES string of the molecule is CN(C)c1nc(N)n(-c2ccncn2)n1. The van der Waals surface area contributed by atoms with Gasteiger partial charge in [0.05, 0.1) is 0 Å². The number of rotatable bonds is 2. The second-order valence-corrected chi connectivity index (χ2v) is 3.14. The highest BCUT2D eigenvalue weighted by Crippen LogP contribution is 2.11. The molecule has 0 amide bonds. The molecule has 2 N–H and O–H groups in total. The Balaban J connectivity index is 2.45. The normalized spacial score (nSPS) is 10.3. The predicted octanol–water partition coefficient (Wildman–Crippen LogP) is -0.295. The van der Waals surface area contributed by atoms with Gasteiger partial charge in [0.15, 0.2) is 5.82 Å². The van der Waals surface area contributed by atoms with Gasteiger partial charge < -0.3 is 10.6 Å². The Bertz CT molecular complexity index is 447. The molecule has 0 saturated heterocycles. The standard InChI is InChI=1S/C8H11N7/c1-14(2)8-12-7(9)15(13-8)6-3-4-10-5-11-6/h3-5H,1-2H3,(H2,9,12,13). The summed E-state index contributed by atoms with van der Waals surface area (Å²) < 4.78 is 1.47. The Labute approximate surface area is 86.6 Å². The van der Waals surface area contributed by atoms with Crippen molar-refractivity contribution in [2.24, 2.45) is 0 Å². The monoisotopic (exact) mass is 205 g/mol. The van der Waals surface area contributed by atoms with Crippen molar-refractivity contribution in [3.63, 3.8) is 0 Å². The molecule has 2 aromatic rings. The van der Waals surface area contributed by atoms with Gasteiger partial charge in [-0.2, -0.15) is 9.67 Å². The topological polar surface area (TPSA) is 85.8 Å². The highest BCUT2D eigenvalue weighted by molar-refractivity contribution is 5.38. The molecule has 78 valence electrons. The van der Waals surface area contributed by atoms with Crippen LogP contribution in [-0.2, 0) is 0 Å². The van der Waals surface area contributed by atoms with Crippen molar-refractivity contribution in [1.29, 1.82) is 0 Å². The van der Waals surface area contributed by atoms with Crippen LogP contribution >= 0.6 is 0 Å². The first-order valence-electron chi connectivity index (χ1n) is 4.34. The molecule has 0 aromatic carbocycles. The van der Waals surface area contributed by atoms with Gasteiger partial charge in [0.2, 0.25) is 11.9 Å². The Morgan fingerprint density at radius 2 is 2.20 bits per heavy atom. The third-order valence-electron chi connectivity index (χ3n) is 1.80. The summed E-state index contributed by atoms with van der Waals surface area (Å²) in [6.07, 6.45) is 3.06. The first kappa shape index (κ1) is 9.38. The van der Waals surface area contributed by atoms with Crippen molar-refractivity contribution in [3.05, 3.63) is 18.6 Å². The molecular weight excluding hydrogens is 194 g/mol. The van der Waals surface area contributed by atoms with E-state index in [1.807, 2.05) is 14.1 Å². The first-order chi connectivity index (χ1) is 7.18. The van der Waals surface area contributed by atoms with Gasteiger partial charge in [-0.3, -0.25) is 0 Å². The zero-order valence-electron chi connectivity index (χ0n) is 8.49. The Kier molecular flexibility index (Phi) is 2.20. The maximum absolute atomic E-state index is 5.71. The van der Waals surface area contributed by atoms with E-state index in [9.17, 15) is 0 Å². The molecule has 0 aliphatic rings. The number of anilines is 2. The molecule has 0 aliphatic carbocycles. The van der Waals surface area contributed by atoms with E-state index >= 15 is 0 Å². The second-order valence-electron chi connectivity index (χ2n) is 3.14. The fourth-order valence-corrected chi connectivity index (χ4v) is 1.08. The van der Waals surface area contributed by atoms with E-state index in [0.29, 0.717) is 17.7 Å². The van der Waals surface area contributed by atoms with Crippen LogP contribution < -0.4 is 10.6 Å². The first-order valence-corrected chi connectivity index (χ1v) is 4.34. The van der Waals surface area contributed by atoms with Crippen molar-refractivity contribution in [1.82, 2.24) is 24.7 Å². The van der Waals surface area contributed by atoms with Crippen LogP contribution in [0.3, 0.4) is 0 Å². The number of nitrogens with two attached hydrogens (primary N) is 1. The largest absolute Gasteiger partial charge is 0.368 e. The van der Waals surface area contributed by atoms with E-state index in [1.54, 1.807) is 17.2 Å². The summed E-state index contributed by atoms with van der Waals surface area (Å²) in [5.74, 6) is 1.45. The van der Waals surface area contributed by atoms with E-state index in [0.717, 1.165) is 0 Å². The van der Waals surface area contributed by atoms with Crippen molar-refractivity contribution in [3.8, 4) is 5.82 Å². The minimum atomic E-state index is 0.303. The second kappa shape index (κ2) is 3.52. The molecule has 7 nitrogen and oxygen atoms in total. The Morgan fingerprint density at radius 3 is 2.73 bits per heavy atom. The molecule has 15 heavy (non-hydrogen) atoms. The average Bonchev–Trinajstić information content (AvgIpc) is 2.62. The molecule has 0 bridgehead atoms. The van der Waals surface area contributed by atoms with Crippen molar-refractivity contribution in [2.45, 2.75) is 0 Å². The zero-order chi connectivity index (χ0) is 10.8. The lowest BCUT2D eigenvalue weighted by molar-refractivity contribution is 0.839. The molecule has 0 fully saturated rings. The van der Waals surface area contributed by atoms with Crippen LogP contribution in [0, 0.1) is 0 Å². The van der Waals surface area contributed by atoms with Gasteiger partial charge in [0.1, 0.15) is 6.33 Å². The minimum Gasteiger partial charge on any atom is -0.368 e. The van der Waals surface area contributed by atoms with Crippen LogP contribution in [0.4, 0.5) is 11.9 Å². The highest BCUT2D eigenvalue weighted by Gasteiger charge is 2.10. The van der Waals surface area contributed by atoms with Gasteiger partial charge >= 0.3 is 0 Å². The lowest BCUT2D eigenvalue weighted by Gasteiger charge is -2.04. The molecule has 2 aromatic heterocycles. The van der Waals surface area contributed by atoms with E-state index in [4.69, 9.17) is 5.73 Å². The van der Waals surface area contributed by atoms with Crippen LogP contribution in [0.2, 0.25) is 0 Å². The Hall–Kier alpha value is -2.18. The molecule has 0 spiro atoms. The summed E-state index contributed by atoms with van der Waals surface area (Å²) >= 11 is 0.